The van der Waals surface area contributed by atoms with E-state index < -0.39 is 0 Å². The molecule has 0 spiro atoms. The molecule has 2 aromatic carbocycles. The van der Waals surface area contributed by atoms with Gasteiger partial charge in [-0.25, -0.2) is 4.99 Å². The van der Waals surface area contributed by atoms with Crippen LogP contribution in [-0.4, -0.2) is 49.8 Å². The Morgan fingerprint density at radius 1 is 1.03 bits per heavy atom. The molecule has 1 heterocycles. The molecule has 6 nitrogen and oxygen atoms in total. The van der Waals surface area contributed by atoms with Crippen LogP contribution in [0.4, 0.5) is 11.4 Å². The molecule has 2 aromatic rings. The molecule has 0 aliphatic carbocycles. The topological polar surface area (TPSA) is 54.4 Å². The van der Waals surface area contributed by atoms with E-state index in [0.29, 0.717) is 16.6 Å². The Morgan fingerprint density at radius 3 is 2.32 bits per heavy atom. The van der Waals surface area contributed by atoms with Crippen molar-refractivity contribution in [2.45, 2.75) is 20.8 Å². The first-order valence-corrected chi connectivity index (χ1v) is 11.2. The number of aliphatic imine (C=N–C) groups is 1. The number of amidine groups is 1. The highest BCUT2D eigenvalue weighted by Gasteiger charge is 2.32. The minimum Gasteiger partial charge on any atom is -0.497 e. The number of ether oxygens (including phenoxy) is 2. The summed E-state index contributed by atoms with van der Waals surface area (Å²) in [6, 6.07) is 13.6. The first-order valence-electron chi connectivity index (χ1n) is 10.4. The molecule has 1 aliphatic rings. The lowest BCUT2D eigenvalue weighted by Gasteiger charge is -2.22. The smallest absolute Gasteiger partial charge is 0.266 e. The van der Waals surface area contributed by atoms with Crippen LogP contribution in [0.2, 0.25) is 0 Å². The molecule has 7 heteroatoms. The molecule has 0 radical (unpaired) electrons. The Balaban J connectivity index is 1.92. The third kappa shape index (κ3) is 5.05. The molecule has 1 fully saturated rings. The molecule has 31 heavy (non-hydrogen) atoms. The summed E-state index contributed by atoms with van der Waals surface area (Å²) < 4.78 is 10.8. The molecule has 1 aliphatic heterocycles. The fraction of sp³-hybridized carbons (Fsp3) is 0.333. The third-order valence-electron chi connectivity index (χ3n) is 5.13. The number of benzene rings is 2. The van der Waals surface area contributed by atoms with Crippen LogP contribution < -0.4 is 14.4 Å². The Kier molecular flexibility index (Phi) is 7.63. The SMILES string of the molecule is CCN1C(=O)C(=Cc2ccc(N(CC)CC)cc2OC)SC1=Nc1ccc(OC)cc1. The highest BCUT2D eigenvalue weighted by atomic mass is 32.2. The van der Waals surface area contributed by atoms with Gasteiger partial charge in [-0.05, 0) is 75.0 Å². The minimum atomic E-state index is -0.0466. The summed E-state index contributed by atoms with van der Waals surface area (Å²) in [6.45, 7) is 8.60. The molecule has 0 unspecified atom stereocenters. The second kappa shape index (κ2) is 10.4. The zero-order valence-electron chi connectivity index (χ0n) is 18.7. The third-order valence-corrected chi connectivity index (χ3v) is 6.14. The van der Waals surface area contributed by atoms with E-state index in [4.69, 9.17) is 9.47 Å². The molecule has 1 saturated heterocycles. The van der Waals surface area contributed by atoms with E-state index in [2.05, 4.69) is 29.8 Å². The molecule has 3 rings (SSSR count). The van der Waals surface area contributed by atoms with Crippen molar-refractivity contribution in [3.05, 3.63) is 52.9 Å². The van der Waals surface area contributed by atoms with Crippen molar-refractivity contribution >= 4 is 40.3 Å². The van der Waals surface area contributed by atoms with Crippen LogP contribution in [0, 0.1) is 0 Å². The fourth-order valence-electron chi connectivity index (χ4n) is 3.38. The van der Waals surface area contributed by atoms with Crippen LogP contribution in [-0.2, 0) is 4.79 Å². The Hall–Kier alpha value is -2.93. The van der Waals surface area contributed by atoms with Gasteiger partial charge in [0.2, 0.25) is 0 Å². The van der Waals surface area contributed by atoms with E-state index in [1.54, 1.807) is 19.1 Å². The highest BCUT2D eigenvalue weighted by Crippen LogP contribution is 2.36. The summed E-state index contributed by atoms with van der Waals surface area (Å²) in [7, 11) is 3.28. The van der Waals surface area contributed by atoms with E-state index >= 15 is 0 Å². The number of nitrogens with zero attached hydrogens (tertiary/aromatic N) is 3. The molecule has 164 valence electrons. The molecule has 0 atom stereocenters. The van der Waals surface area contributed by atoms with Crippen molar-refractivity contribution in [1.29, 1.82) is 0 Å². The van der Waals surface area contributed by atoms with Crippen molar-refractivity contribution in [1.82, 2.24) is 4.90 Å². The first-order chi connectivity index (χ1) is 15.0. The summed E-state index contributed by atoms with van der Waals surface area (Å²) in [4.78, 5) is 22.3. The van der Waals surface area contributed by atoms with Crippen molar-refractivity contribution in [2.24, 2.45) is 4.99 Å². The standard InChI is InChI=1S/C24H29N3O3S/c1-6-26(7-2)19-12-9-17(21(16-19)30-5)15-22-23(28)27(8-3)24(31-22)25-18-10-13-20(29-4)14-11-18/h9-16H,6-8H2,1-5H3. The predicted molar refractivity (Wildman–Crippen MR) is 130 cm³/mol. The molecule has 0 aromatic heterocycles. The summed E-state index contributed by atoms with van der Waals surface area (Å²) in [6.07, 6.45) is 1.89. The lowest BCUT2D eigenvalue weighted by atomic mass is 10.1. The summed E-state index contributed by atoms with van der Waals surface area (Å²) in [5, 5.41) is 0.669. The van der Waals surface area contributed by atoms with E-state index in [-0.39, 0.29) is 5.91 Å². The molecule has 0 bridgehead atoms. The van der Waals surface area contributed by atoms with Crippen LogP contribution in [0.25, 0.3) is 6.08 Å². The van der Waals surface area contributed by atoms with Gasteiger partial charge in [0.25, 0.3) is 5.91 Å². The molecular weight excluding hydrogens is 410 g/mol. The lowest BCUT2D eigenvalue weighted by molar-refractivity contribution is -0.122. The van der Waals surface area contributed by atoms with E-state index in [9.17, 15) is 4.79 Å². The number of amides is 1. The monoisotopic (exact) mass is 439 g/mol. The number of carbonyl (C=O) groups excluding carboxylic acids is 1. The zero-order valence-corrected chi connectivity index (χ0v) is 19.5. The quantitative estimate of drug-likeness (QED) is 0.531. The molecule has 1 amide bonds. The van der Waals surface area contributed by atoms with Crippen molar-refractivity contribution in [3.63, 3.8) is 0 Å². The first kappa shape index (κ1) is 22.7. The Bertz CT molecular complexity index is 982. The second-order valence-electron chi connectivity index (χ2n) is 6.85. The van der Waals surface area contributed by atoms with Gasteiger partial charge in [0, 0.05) is 37.0 Å². The van der Waals surface area contributed by atoms with E-state index in [0.717, 1.165) is 41.5 Å². The largest absolute Gasteiger partial charge is 0.497 e. The number of methoxy groups -OCH3 is 2. The van der Waals surface area contributed by atoms with Gasteiger partial charge < -0.3 is 14.4 Å². The number of likely N-dealkylation sites (N-methyl/N-ethyl adjacent to an activating group) is 1. The average Bonchev–Trinajstić information content (AvgIpc) is 3.09. The van der Waals surface area contributed by atoms with Gasteiger partial charge in [0.05, 0.1) is 24.8 Å². The van der Waals surface area contributed by atoms with Gasteiger partial charge in [-0.15, -0.1) is 0 Å². The molecule has 0 N–H and O–H groups in total. The number of rotatable bonds is 8. The number of carbonyl (C=O) groups is 1. The van der Waals surface area contributed by atoms with Crippen LogP contribution >= 0.6 is 11.8 Å². The number of hydrogen-bond acceptors (Lipinski definition) is 6. The van der Waals surface area contributed by atoms with Crippen molar-refractivity contribution in [3.8, 4) is 11.5 Å². The summed E-state index contributed by atoms with van der Waals surface area (Å²) in [5.41, 5.74) is 2.75. The van der Waals surface area contributed by atoms with Gasteiger partial charge in [0.1, 0.15) is 11.5 Å². The van der Waals surface area contributed by atoms with Crippen molar-refractivity contribution < 1.29 is 14.3 Å². The number of hydrogen-bond donors (Lipinski definition) is 0. The van der Waals surface area contributed by atoms with Crippen LogP contribution in [0.3, 0.4) is 0 Å². The molecule has 0 saturated carbocycles. The van der Waals surface area contributed by atoms with Gasteiger partial charge in [-0.1, -0.05) is 0 Å². The van der Waals surface area contributed by atoms with Gasteiger partial charge >= 0.3 is 0 Å². The number of anilines is 1. The van der Waals surface area contributed by atoms with Crippen LogP contribution in [0.15, 0.2) is 52.4 Å². The summed E-state index contributed by atoms with van der Waals surface area (Å²) >= 11 is 1.38. The zero-order chi connectivity index (χ0) is 22.4. The normalized spacial score (nSPS) is 16.3. The van der Waals surface area contributed by atoms with E-state index in [1.807, 2.05) is 49.4 Å². The van der Waals surface area contributed by atoms with E-state index in [1.165, 1.54) is 11.8 Å². The lowest BCUT2D eigenvalue weighted by Crippen LogP contribution is -2.28. The molecular formula is C24H29N3O3S. The summed E-state index contributed by atoms with van der Waals surface area (Å²) in [5.74, 6) is 1.47. The van der Waals surface area contributed by atoms with Crippen molar-refractivity contribution in [2.75, 3.05) is 38.8 Å². The maximum atomic E-state index is 13.0. The Labute approximate surface area is 188 Å². The maximum Gasteiger partial charge on any atom is 0.266 e. The average molecular weight is 440 g/mol. The van der Waals surface area contributed by atoms with Gasteiger partial charge in [0.15, 0.2) is 5.17 Å². The van der Waals surface area contributed by atoms with Crippen LogP contribution in [0.1, 0.15) is 26.3 Å². The predicted octanol–water partition coefficient (Wildman–Crippen LogP) is 5.17. The maximum absolute atomic E-state index is 13.0. The highest BCUT2D eigenvalue weighted by molar-refractivity contribution is 8.18. The second-order valence-corrected chi connectivity index (χ2v) is 7.86. The minimum absolute atomic E-state index is 0.0466. The van der Waals surface area contributed by atoms with Gasteiger partial charge in [-0.3, -0.25) is 9.69 Å². The fourth-order valence-corrected chi connectivity index (χ4v) is 4.44. The van der Waals surface area contributed by atoms with Gasteiger partial charge in [-0.2, -0.15) is 0 Å². The van der Waals surface area contributed by atoms with Crippen LogP contribution in [0.5, 0.6) is 11.5 Å². The Morgan fingerprint density at radius 2 is 1.74 bits per heavy atom. The number of thioether (sulfide) groups is 1.